The number of nitrogens with one attached hydrogen (secondary N) is 1. The molecule has 0 aliphatic carbocycles. The third-order valence-corrected chi connectivity index (χ3v) is 4.34. The van der Waals surface area contributed by atoms with Gasteiger partial charge < -0.3 is 15.8 Å². The van der Waals surface area contributed by atoms with E-state index in [2.05, 4.69) is 33.0 Å². The molecule has 4 heteroatoms. The minimum atomic E-state index is -0.664. The Morgan fingerprint density at radius 1 is 1.05 bits per heavy atom. The van der Waals surface area contributed by atoms with Crippen LogP contribution in [0.5, 0.6) is 0 Å². The third-order valence-electron chi connectivity index (χ3n) is 4.34. The number of carbonyl (C=O) groups is 1. The molecule has 4 nitrogen and oxygen atoms in total. The summed E-state index contributed by atoms with van der Waals surface area (Å²) in [5.74, 6) is 0.986. The smallest absolute Gasteiger partial charge is 0.404 e. The number of carbonyl (C=O) groups excluding carboxylic acids is 1. The molecule has 0 aromatic rings. The lowest BCUT2D eigenvalue weighted by Gasteiger charge is -2.33. The van der Waals surface area contributed by atoms with Crippen LogP contribution in [0.3, 0.4) is 0 Å². The fraction of sp³-hybridized carbons (Fsp3) is 0.941. The predicted octanol–water partition coefficient (Wildman–Crippen LogP) is 4.08. The van der Waals surface area contributed by atoms with Gasteiger partial charge in [-0.25, -0.2) is 4.79 Å². The van der Waals surface area contributed by atoms with Gasteiger partial charge >= 0.3 is 6.09 Å². The molecule has 0 saturated carbocycles. The molecule has 0 fully saturated rings. The number of hydrogen-bond donors (Lipinski definition) is 2. The van der Waals surface area contributed by atoms with Crippen molar-refractivity contribution in [1.82, 2.24) is 5.32 Å². The highest BCUT2D eigenvalue weighted by Crippen LogP contribution is 2.25. The van der Waals surface area contributed by atoms with Crippen molar-refractivity contribution in [3.05, 3.63) is 0 Å². The molecule has 0 aromatic heterocycles. The zero-order valence-corrected chi connectivity index (χ0v) is 14.5. The van der Waals surface area contributed by atoms with Crippen LogP contribution in [0, 0.1) is 11.8 Å². The molecule has 3 atom stereocenters. The summed E-state index contributed by atoms with van der Waals surface area (Å²) in [7, 11) is 0. The first kappa shape index (κ1) is 20.2. The number of amides is 1. The van der Waals surface area contributed by atoms with Gasteiger partial charge in [0.2, 0.25) is 0 Å². The highest BCUT2D eigenvalue weighted by Gasteiger charge is 2.27. The van der Waals surface area contributed by atoms with Crippen LogP contribution in [-0.2, 0) is 4.74 Å². The van der Waals surface area contributed by atoms with E-state index in [4.69, 9.17) is 10.5 Å². The van der Waals surface area contributed by atoms with Crippen LogP contribution in [0.4, 0.5) is 4.79 Å². The largest absolute Gasteiger partial charge is 0.449 e. The molecule has 0 heterocycles. The summed E-state index contributed by atoms with van der Waals surface area (Å²) >= 11 is 0. The quantitative estimate of drug-likeness (QED) is 0.504. The molecular formula is C17H36N2O2. The lowest BCUT2D eigenvalue weighted by molar-refractivity contribution is 0.107. The van der Waals surface area contributed by atoms with Crippen molar-refractivity contribution in [2.24, 2.45) is 17.6 Å². The van der Waals surface area contributed by atoms with Crippen LogP contribution in [0.2, 0.25) is 0 Å². The van der Waals surface area contributed by atoms with Gasteiger partial charge in [-0.2, -0.15) is 0 Å². The number of primary amides is 1. The van der Waals surface area contributed by atoms with Crippen molar-refractivity contribution in [1.29, 1.82) is 0 Å². The Morgan fingerprint density at radius 2 is 1.67 bits per heavy atom. The second kappa shape index (κ2) is 12.9. The van der Waals surface area contributed by atoms with Gasteiger partial charge in [-0.3, -0.25) is 0 Å². The lowest BCUT2D eigenvalue weighted by Crippen LogP contribution is -2.44. The molecule has 0 radical (unpaired) electrons. The Bertz CT molecular complexity index is 259. The molecule has 0 rings (SSSR count). The van der Waals surface area contributed by atoms with Gasteiger partial charge in [-0.1, -0.05) is 53.4 Å². The summed E-state index contributed by atoms with van der Waals surface area (Å²) in [4.78, 5) is 10.9. The van der Waals surface area contributed by atoms with E-state index >= 15 is 0 Å². The van der Waals surface area contributed by atoms with E-state index in [-0.39, 0.29) is 0 Å². The van der Waals surface area contributed by atoms with Crippen LogP contribution < -0.4 is 11.1 Å². The van der Waals surface area contributed by atoms with Crippen LogP contribution >= 0.6 is 0 Å². The van der Waals surface area contributed by atoms with Gasteiger partial charge in [-0.05, 0) is 31.7 Å². The topological polar surface area (TPSA) is 64.3 Å². The molecular weight excluding hydrogens is 264 g/mol. The number of hydrogen-bond acceptors (Lipinski definition) is 3. The number of rotatable bonds is 13. The Labute approximate surface area is 131 Å². The normalized spacial score (nSPS) is 15.4. The van der Waals surface area contributed by atoms with Crippen LogP contribution in [0.1, 0.15) is 72.6 Å². The fourth-order valence-corrected chi connectivity index (χ4v) is 2.93. The molecule has 0 saturated heterocycles. The SMILES string of the molecule is CCCCNC(C(CC)CCCC)C(CC)COC(N)=O. The monoisotopic (exact) mass is 300 g/mol. The summed E-state index contributed by atoms with van der Waals surface area (Å²) in [6.45, 7) is 10.3. The maximum absolute atomic E-state index is 10.9. The van der Waals surface area contributed by atoms with Gasteiger partial charge in [0.25, 0.3) is 0 Å². The van der Waals surface area contributed by atoms with Gasteiger partial charge in [0, 0.05) is 12.0 Å². The van der Waals surface area contributed by atoms with E-state index in [1.165, 1.54) is 32.1 Å². The summed E-state index contributed by atoms with van der Waals surface area (Å²) < 4.78 is 5.08. The molecule has 21 heavy (non-hydrogen) atoms. The van der Waals surface area contributed by atoms with Crippen molar-refractivity contribution in [3.8, 4) is 0 Å². The van der Waals surface area contributed by atoms with E-state index in [0.717, 1.165) is 19.4 Å². The molecule has 3 N–H and O–H groups in total. The van der Waals surface area contributed by atoms with Crippen LogP contribution in [-0.4, -0.2) is 25.3 Å². The van der Waals surface area contributed by atoms with E-state index in [9.17, 15) is 4.79 Å². The minimum Gasteiger partial charge on any atom is -0.449 e. The fourth-order valence-electron chi connectivity index (χ4n) is 2.93. The van der Waals surface area contributed by atoms with Crippen molar-refractivity contribution in [3.63, 3.8) is 0 Å². The number of unbranched alkanes of at least 4 members (excludes halogenated alkanes) is 2. The number of nitrogens with two attached hydrogens (primary N) is 1. The number of ether oxygens (including phenoxy) is 1. The highest BCUT2D eigenvalue weighted by molar-refractivity contribution is 5.64. The zero-order chi connectivity index (χ0) is 16.1. The molecule has 3 unspecified atom stereocenters. The van der Waals surface area contributed by atoms with Crippen molar-refractivity contribution in [2.75, 3.05) is 13.2 Å². The molecule has 0 spiro atoms. The van der Waals surface area contributed by atoms with E-state index in [1.807, 2.05) is 0 Å². The molecule has 0 aromatic carbocycles. The van der Waals surface area contributed by atoms with E-state index < -0.39 is 6.09 Å². The Balaban J connectivity index is 4.73. The van der Waals surface area contributed by atoms with Crippen LogP contribution in [0.15, 0.2) is 0 Å². The van der Waals surface area contributed by atoms with Gasteiger partial charge in [0.05, 0.1) is 6.61 Å². The summed E-state index contributed by atoms with van der Waals surface area (Å²) in [5, 5.41) is 3.72. The van der Waals surface area contributed by atoms with Crippen molar-refractivity contribution < 1.29 is 9.53 Å². The van der Waals surface area contributed by atoms with Crippen molar-refractivity contribution >= 4 is 6.09 Å². The standard InChI is InChI=1S/C17H36N2O2/c1-5-9-11-14(7-3)16(19-12-10-6-2)15(8-4)13-21-17(18)20/h14-16,19H,5-13H2,1-4H3,(H2,18,20). The van der Waals surface area contributed by atoms with Gasteiger partial charge in [0.1, 0.15) is 0 Å². The molecule has 126 valence electrons. The molecule has 0 aliphatic rings. The Kier molecular flexibility index (Phi) is 12.5. The Morgan fingerprint density at radius 3 is 2.14 bits per heavy atom. The molecule has 0 bridgehead atoms. The molecule has 1 amide bonds. The predicted molar refractivity (Wildman–Crippen MR) is 89.3 cm³/mol. The Hall–Kier alpha value is -0.770. The summed E-state index contributed by atoms with van der Waals surface area (Å²) in [5.41, 5.74) is 5.12. The average Bonchev–Trinajstić information content (AvgIpc) is 2.47. The lowest BCUT2D eigenvalue weighted by atomic mass is 9.82. The third kappa shape index (κ3) is 8.97. The van der Waals surface area contributed by atoms with Gasteiger partial charge in [0.15, 0.2) is 0 Å². The maximum Gasteiger partial charge on any atom is 0.404 e. The zero-order valence-electron chi connectivity index (χ0n) is 14.5. The maximum atomic E-state index is 10.9. The highest BCUT2D eigenvalue weighted by atomic mass is 16.5. The molecule has 0 aliphatic heterocycles. The second-order valence-corrected chi connectivity index (χ2v) is 5.94. The van der Waals surface area contributed by atoms with Crippen molar-refractivity contribution in [2.45, 2.75) is 78.7 Å². The minimum absolute atomic E-state index is 0.344. The average molecular weight is 300 g/mol. The van der Waals surface area contributed by atoms with Gasteiger partial charge in [-0.15, -0.1) is 0 Å². The summed E-state index contributed by atoms with van der Waals surface area (Å²) in [6.07, 6.45) is 7.61. The first-order valence-corrected chi connectivity index (χ1v) is 8.76. The first-order chi connectivity index (χ1) is 10.1. The van der Waals surface area contributed by atoms with E-state index in [0.29, 0.717) is 24.5 Å². The van der Waals surface area contributed by atoms with Crippen LogP contribution in [0.25, 0.3) is 0 Å². The second-order valence-electron chi connectivity index (χ2n) is 5.94. The first-order valence-electron chi connectivity index (χ1n) is 8.76. The summed E-state index contributed by atoms with van der Waals surface area (Å²) in [6, 6.07) is 0.414. The van der Waals surface area contributed by atoms with E-state index in [1.54, 1.807) is 0 Å².